The predicted octanol–water partition coefficient (Wildman–Crippen LogP) is 1.12. The fourth-order valence-corrected chi connectivity index (χ4v) is 4.61. The van der Waals surface area contributed by atoms with Crippen LogP contribution in [0.5, 0.6) is 0 Å². The van der Waals surface area contributed by atoms with Gasteiger partial charge in [0.15, 0.2) is 0 Å². The van der Waals surface area contributed by atoms with Crippen LogP contribution in [0.2, 0.25) is 0 Å². The fraction of sp³-hybridized carbons (Fsp3) is 0.222. The number of fused-ring (bicyclic) bond motifs is 1. The standard InChI is InChI=1S/C18H19N5O5S2/c1-11-19-17-15(8-9-29-17)18(26)23(11)21-16(25)10-22(3)30(27,28)14-6-4-13(5-7-14)20-12(2)24/h4-9H,10H2,1-3H3,(H,20,24)(H,21,25). The Labute approximate surface area is 176 Å². The number of nitrogens with zero attached hydrogens (tertiary/aromatic N) is 3. The van der Waals surface area contributed by atoms with E-state index in [1.807, 2.05) is 0 Å². The van der Waals surface area contributed by atoms with Gasteiger partial charge in [-0.1, -0.05) is 0 Å². The van der Waals surface area contributed by atoms with E-state index >= 15 is 0 Å². The first-order chi connectivity index (χ1) is 14.1. The van der Waals surface area contributed by atoms with Crippen LogP contribution in [0.15, 0.2) is 45.4 Å². The fourth-order valence-electron chi connectivity index (χ4n) is 2.69. The summed E-state index contributed by atoms with van der Waals surface area (Å²) in [5.74, 6) is -0.694. The molecule has 3 rings (SSSR count). The minimum absolute atomic E-state index is 0.0402. The van der Waals surface area contributed by atoms with Gasteiger partial charge in [-0.3, -0.25) is 19.8 Å². The Bertz CT molecular complexity index is 1280. The second-order valence-electron chi connectivity index (χ2n) is 6.44. The lowest BCUT2D eigenvalue weighted by atomic mass is 10.3. The average molecular weight is 450 g/mol. The molecule has 0 aliphatic carbocycles. The van der Waals surface area contributed by atoms with Gasteiger partial charge in [-0.15, -0.1) is 11.3 Å². The van der Waals surface area contributed by atoms with Gasteiger partial charge < -0.3 is 5.32 Å². The van der Waals surface area contributed by atoms with Crippen molar-refractivity contribution in [2.45, 2.75) is 18.7 Å². The summed E-state index contributed by atoms with van der Waals surface area (Å²) in [6, 6.07) is 7.18. The first-order valence-corrected chi connectivity index (χ1v) is 11.0. The molecule has 0 aliphatic rings. The van der Waals surface area contributed by atoms with Crippen LogP contribution < -0.4 is 16.3 Å². The van der Waals surface area contributed by atoms with Crippen LogP contribution in [0.25, 0.3) is 10.2 Å². The molecule has 0 saturated heterocycles. The highest BCUT2D eigenvalue weighted by atomic mass is 32.2. The van der Waals surface area contributed by atoms with Gasteiger partial charge in [0, 0.05) is 19.7 Å². The van der Waals surface area contributed by atoms with Gasteiger partial charge in [-0.25, -0.2) is 18.1 Å². The number of anilines is 1. The maximum atomic E-state index is 12.7. The summed E-state index contributed by atoms with van der Waals surface area (Å²) in [5.41, 5.74) is 2.41. The molecule has 10 nitrogen and oxygen atoms in total. The van der Waals surface area contributed by atoms with Crippen molar-refractivity contribution < 1.29 is 18.0 Å². The Balaban J connectivity index is 1.75. The molecule has 30 heavy (non-hydrogen) atoms. The van der Waals surface area contributed by atoms with E-state index in [0.29, 0.717) is 15.9 Å². The Morgan fingerprint density at radius 1 is 1.20 bits per heavy atom. The van der Waals surface area contributed by atoms with Crippen molar-refractivity contribution in [3.05, 3.63) is 51.9 Å². The zero-order chi connectivity index (χ0) is 22.1. The van der Waals surface area contributed by atoms with Gasteiger partial charge in [-0.2, -0.15) is 4.31 Å². The first kappa shape index (κ1) is 21.6. The van der Waals surface area contributed by atoms with Gasteiger partial charge in [0.2, 0.25) is 15.9 Å². The molecular formula is C18H19N5O5S2. The van der Waals surface area contributed by atoms with Crippen molar-refractivity contribution in [1.29, 1.82) is 0 Å². The normalized spacial score (nSPS) is 11.6. The van der Waals surface area contributed by atoms with Crippen LogP contribution in [0.3, 0.4) is 0 Å². The molecule has 0 atom stereocenters. The van der Waals surface area contributed by atoms with E-state index in [9.17, 15) is 22.8 Å². The van der Waals surface area contributed by atoms with Gasteiger partial charge in [0.05, 0.1) is 16.8 Å². The van der Waals surface area contributed by atoms with E-state index in [2.05, 4.69) is 15.7 Å². The van der Waals surface area contributed by atoms with Crippen LogP contribution in [0.1, 0.15) is 12.7 Å². The quantitative estimate of drug-likeness (QED) is 0.580. The summed E-state index contributed by atoms with van der Waals surface area (Å²) in [6.07, 6.45) is 0. The number of rotatable bonds is 6. The lowest BCUT2D eigenvalue weighted by Crippen LogP contribution is -2.41. The van der Waals surface area contributed by atoms with Crippen LogP contribution >= 0.6 is 11.3 Å². The number of hydrogen-bond acceptors (Lipinski definition) is 7. The molecule has 0 saturated carbocycles. The van der Waals surface area contributed by atoms with Crippen LogP contribution in [0, 0.1) is 6.92 Å². The summed E-state index contributed by atoms with van der Waals surface area (Å²) in [4.78, 5) is 40.8. The molecule has 0 spiro atoms. The molecule has 2 heterocycles. The highest BCUT2D eigenvalue weighted by Gasteiger charge is 2.23. The maximum Gasteiger partial charge on any atom is 0.281 e. The number of benzene rings is 1. The van der Waals surface area contributed by atoms with Gasteiger partial charge >= 0.3 is 0 Å². The van der Waals surface area contributed by atoms with Crippen molar-refractivity contribution >= 4 is 49.1 Å². The van der Waals surface area contributed by atoms with E-state index in [0.717, 1.165) is 8.98 Å². The van der Waals surface area contributed by atoms with Crippen molar-refractivity contribution in [3.8, 4) is 0 Å². The molecule has 1 aromatic carbocycles. The molecule has 12 heteroatoms. The molecule has 0 fully saturated rings. The number of sulfonamides is 1. The summed E-state index contributed by atoms with van der Waals surface area (Å²) >= 11 is 1.31. The van der Waals surface area contributed by atoms with E-state index in [1.54, 1.807) is 18.4 Å². The van der Waals surface area contributed by atoms with Crippen molar-refractivity contribution in [2.24, 2.45) is 0 Å². The first-order valence-electron chi connectivity index (χ1n) is 8.70. The topological polar surface area (TPSA) is 130 Å². The van der Waals surface area contributed by atoms with Crippen molar-refractivity contribution in [2.75, 3.05) is 24.3 Å². The maximum absolute atomic E-state index is 12.7. The summed E-state index contributed by atoms with van der Waals surface area (Å²) in [7, 11) is -2.70. The zero-order valence-corrected chi connectivity index (χ0v) is 18.0. The third kappa shape index (κ3) is 4.40. The number of carbonyl (C=O) groups is 2. The number of carbonyl (C=O) groups excluding carboxylic acids is 2. The van der Waals surface area contributed by atoms with Crippen molar-refractivity contribution in [1.82, 2.24) is 14.0 Å². The highest BCUT2D eigenvalue weighted by Crippen LogP contribution is 2.18. The van der Waals surface area contributed by atoms with E-state index < -0.39 is 28.0 Å². The number of hydrogen-bond donors (Lipinski definition) is 2. The minimum Gasteiger partial charge on any atom is -0.326 e. The molecule has 0 radical (unpaired) electrons. The molecule has 2 N–H and O–H groups in total. The Morgan fingerprint density at radius 3 is 2.50 bits per heavy atom. The lowest BCUT2D eigenvalue weighted by Gasteiger charge is -2.18. The number of aromatic nitrogens is 2. The van der Waals surface area contributed by atoms with Gasteiger partial charge in [0.1, 0.15) is 10.7 Å². The number of thiophene rings is 1. The van der Waals surface area contributed by atoms with E-state index in [4.69, 9.17) is 0 Å². The number of likely N-dealkylation sites (N-methyl/N-ethyl adjacent to an activating group) is 1. The van der Waals surface area contributed by atoms with Gasteiger partial charge in [0.25, 0.3) is 11.5 Å². The molecule has 2 amide bonds. The van der Waals surface area contributed by atoms with Crippen LogP contribution in [0.4, 0.5) is 5.69 Å². The Morgan fingerprint density at radius 2 is 1.87 bits per heavy atom. The van der Waals surface area contributed by atoms with Crippen molar-refractivity contribution in [3.63, 3.8) is 0 Å². The third-order valence-corrected chi connectivity index (χ3v) is 6.78. The molecule has 0 bridgehead atoms. The second kappa shape index (κ2) is 8.34. The Kier molecular flexibility index (Phi) is 6.01. The number of nitrogens with one attached hydrogen (secondary N) is 2. The predicted molar refractivity (Wildman–Crippen MR) is 114 cm³/mol. The van der Waals surface area contributed by atoms with E-state index in [-0.39, 0.29) is 16.6 Å². The van der Waals surface area contributed by atoms with E-state index in [1.165, 1.54) is 49.6 Å². The molecule has 3 aromatic rings. The smallest absolute Gasteiger partial charge is 0.281 e. The zero-order valence-electron chi connectivity index (χ0n) is 16.4. The molecule has 2 aromatic heterocycles. The third-order valence-electron chi connectivity index (χ3n) is 4.15. The largest absolute Gasteiger partial charge is 0.326 e. The second-order valence-corrected chi connectivity index (χ2v) is 9.38. The summed E-state index contributed by atoms with van der Waals surface area (Å²) in [6.45, 7) is 2.40. The number of aryl methyl sites for hydroxylation is 1. The summed E-state index contributed by atoms with van der Waals surface area (Å²) < 4.78 is 27.3. The molecule has 0 unspecified atom stereocenters. The molecular weight excluding hydrogens is 430 g/mol. The SMILES string of the molecule is CC(=O)Nc1ccc(S(=O)(=O)N(C)CC(=O)Nn2c(C)nc3sccc3c2=O)cc1. The monoisotopic (exact) mass is 449 g/mol. The average Bonchev–Trinajstić information content (AvgIpc) is 3.13. The minimum atomic E-state index is -3.96. The Hall–Kier alpha value is -3.09. The molecule has 158 valence electrons. The summed E-state index contributed by atoms with van der Waals surface area (Å²) in [5, 5.41) is 4.64. The highest BCUT2D eigenvalue weighted by molar-refractivity contribution is 7.89. The van der Waals surface area contributed by atoms with Crippen LogP contribution in [-0.2, 0) is 19.6 Å². The molecule has 0 aliphatic heterocycles. The number of amides is 2. The lowest BCUT2D eigenvalue weighted by molar-refractivity contribution is -0.117. The van der Waals surface area contributed by atoms with Gasteiger partial charge in [-0.05, 0) is 42.6 Å². The van der Waals surface area contributed by atoms with Crippen LogP contribution in [-0.4, -0.2) is 47.8 Å².